The molecule has 0 unspecified atom stereocenters. The average molecular weight is 392 g/mol. The number of carbonyl (C=O) groups is 3. The maximum atomic E-state index is 12.6. The number of ether oxygens (including phenoxy) is 1. The predicted octanol–water partition coefficient (Wildman–Crippen LogP) is 2.47. The van der Waals surface area contributed by atoms with Crippen molar-refractivity contribution in [2.45, 2.75) is 13.0 Å². The van der Waals surface area contributed by atoms with Gasteiger partial charge in [0.05, 0.1) is 30.9 Å². The van der Waals surface area contributed by atoms with E-state index in [-0.39, 0.29) is 5.91 Å². The number of nitrogens with zero attached hydrogens (tertiary/aromatic N) is 2. The minimum Gasteiger partial charge on any atom is -0.467 e. The van der Waals surface area contributed by atoms with Crippen LogP contribution < -0.4 is 10.6 Å². The van der Waals surface area contributed by atoms with Crippen molar-refractivity contribution in [2.24, 2.45) is 0 Å². The molecule has 2 N–H and O–H groups in total. The van der Waals surface area contributed by atoms with Gasteiger partial charge in [-0.25, -0.2) is 9.48 Å². The molecule has 0 saturated carbocycles. The molecule has 0 fully saturated rings. The number of benzene rings is 2. The van der Waals surface area contributed by atoms with Crippen LogP contribution in [-0.2, 0) is 14.3 Å². The number of carbonyl (C=O) groups excluding carboxylic acids is 3. The van der Waals surface area contributed by atoms with Crippen LogP contribution in [0.4, 0.5) is 5.69 Å². The normalized spacial score (nSPS) is 11.4. The SMILES string of the molecule is COC(=O)[C@@H](NC(=O)c1ccc(-n2cc(NC(C)=O)cn2)cc1)c1ccccc1. The van der Waals surface area contributed by atoms with E-state index in [4.69, 9.17) is 4.74 Å². The number of aromatic nitrogens is 2. The molecule has 0 radical (unpaired) electrons. The maximum absolute atomic E-state index is 12.6. The van der Waals surface area contributed by atoms with E-state index >= 15 is 0 Å². The number of amides is 2. The Hall–Kier alpha value is -3.94. The third-order valence-corrected chi connectivity index (χ3v) is 4.14. The molecule has 3 rings (SSSR count). The predicted molar refractivity (Wildman–Crippen MR) is 107 cm³/mol. The molecule has 0 saturated heterocycles. The topological polar surface area (TPSA) is 102 Å². The molecule has 0 aliphatic carbocycles. The number of anilines is 1. The maximum Gasteiger partial charge on any atom is 0.333 e. The summed E-state index contributed by atoms with van der Waals surface area (Å²) < 4.78 is 6.39. The van der Waals surface area contributed by atoms with Gasteiger partial charge in [-0.2, -0.15) is 5.10 Å². The largest absolute Gasteiger partial charge is 0.467 e. The Labute approximate surface area is 167 Å². The lowest BCUT2D eigenvalue weighted by atomic mass is 10.1. The van der Waals surface area contributed by atoms with Crippen LogP contribution in [0.25, 0.3) is 5.69 Å². The van der Waals surface area contributed by atoms with Crippen LogP contribution in [0.15, 0.2) is 67.0 Å². The van der Waals surface area contributed by atoms with Crippen molar-refractivity contribution < 1.29 is 19.1 Å². The van der Waals surface area contributed by atoms with E-state index < -0.39 is 17.9 Å². The lowest BCUT2D eigenvalue weighted by Crippen LogP contribution is -2.34. The summed E-state index contributed by atoms with van der Waals surface area (Å²) in [6.45, 7) is 1.42. The average Bonchev–Trinajstić information content (AvgIpc) is 3.19. The standard InChI is InChI=1S/C21H20N4O4/c1-14(26)23-17-12-22-25(13-17)18-10-8-16(9-11-18)20(27)24-19(21(28)29-2)15-6-4-3-5-7-15/h3-13,19H,1-2H3,(H,23,26)(H,24,27)/t19-/m0/s1. The van der Waals surface area contributed by atoms with Gasteiger partial charge in [-0.3, -0.25) is 9.59 Å². The van der Waals surface area contributed by atoms with Gasteiger partial charge in [-0.15, -0.1) is 0 Å². The van der Waals surface area contributed by atoms with E-state index in [1.165, 1.54) is 20.2 Å². The lowest BCUT2D eigenvalue weighted by Gasteiger charge is -2.17. The molecule has 29 heavy (non-hydrogen) atoms. The number of methoxy groups -OCH3 is 1. The van der Waals surface area contributed by atoms with Gasteiger partial charge in [-0.05, 0) is 29.8 Å². The Morgan fingerprint density at radius 2 is 1.72 bits per heavy atom. The van der Waals surface area contributed by atoms with E-state index in [0.717, 1.165) is 0 Å². The Kier molecular flexibility index (Phi) is 6.03. The van der Waals surface area contributed by atoms with Crippen LogP contribution in [-0.4, -0.2) is 34.7 Å². The van der Waals surface area contributed by atoms with Crippen LogP contribution in [0.5, 0.6) is 0 Å². The number of nitrogens with one attached hydrogen (secondary N) is 2. The molecule has 0 aliphatic rings. The van der Waals surface area contributed by atoms with Crippen LogP contribution in [0, 0.1) is 0 Å². The highest BCUT2D eigenvalue weighted by Crippen LogP contribution is 2.17. The van der Waals surface area contributed by atoms with Crippen molar-refractivity contribution in [2.75, 3.05) is 12.4 Å². The molecule has 2 aromatic carbocycles. The minimum atomic E-state index is -0.903. The van der Waals surface area contributed by atoms with Gasteiger partial charge in [0.1, 0.15) is 0 Å². The summed E-state index contributed by atoms with van der Waals surface area (Å²) in [4.78, 5) is 35.9. The molecular weight excluding hydrogens is 372 g/mol. The van der Waals surface area contributed by atoms with Gasteiger partial charge in [0.2, 0.25) is 5.91 Å². The summed E-state index contributed by atoms with van der Waals surface area (Å²) in [6, 6.07) is 14.7. The van der Waals surface area contributed by atoms with E-state index in [1.54, 1.807) is 59.4 Å². The molecule has 1 heterocycles. The number of hydrogen-bond acceptors (Lipinski definition) is 5. The van der Waals surface area contributed by atoms with Crippen molar-refractivity contribution in [3.8, 4) is 5.69 Å². The Morgan fingerprint density at radius 3 is 2.34 bits per heavy atom. The fourth-order valence-electron chi connectivity index (χ4n) is 2.75. The molecule has 1 atom stereocenters. The summed E-state index contributed by atoms with van der Waals surface area (Å²) in [5.41, 5.74) is 2.30. The molecule has 0 bridgehead atoms. The second-order valence-electron chi connectivity index (χ2n) is 6.24. The summed E-state index contributed by atoms with van der Waals surface area (Å²) >= 11 is 0. The quantitative estimate of drug-likeness (QED) is 0.628. The van der Waals surface area contributed by atoms with Gasteiger partial charge >= 0.3 is 5.97 Å². The molecule has 148 valence electrons. The molecule has 2 amide bonds. The zero-order valence-corrected chi connectivity index (χ0v) is 16.0. The van der Waals surface area contributed by atoms with Crippen LogP contribution in [0.3, 0.4) is 0 Å². The molecule has 1 aromatic heterocycles. The molecule has 0 aliphatic heterocycles. The van der Waals surface area contributed by atoms with Crippen LogP contribution in [0.2, 0.25) is 0 Å². The first kappa shape index (κ1) is 19.8. The first-order valence-corrected chi connectivity index (χ1v) is 8.84. The lowest BCUT2D eigenvalue weighted by molar-refractivity contribution is -0.143. The van der Waals surface area contributed by atoms with E-state index in [1.807, 2.05) is 6.07 Å². The van der Waals surface area contributed by atoms with Crippen molar-refractivity contribution in [1.29, 1.82) is 0 Å². The fourth-order valence-corrected chi connectivity index (χ4v) is 2.75. The van der Waals surface area contributed by atoms with Gasteiger partial charge in [0.25, 0.3) is 5.91 Å². The first-order valence-electron chi connectivity index (χ1n) is 8.84. The van der Waals surface area contributed by atoms with Crippen molar-refractivity contribution >= 4 is 23.5 Å². The van der Waals surface area contributed by atoms with Gasteiger partial charge < -0.3 is 15.4 Å². The van der Waals surface area contributed by atoms with Crippen molar-refractivity contribution in [3.05, 3.63) is 78.1 Å². The highest BCUT2D eigenvalue weighted by molar-refractivity contribution is 5.97. The highest BCUT2D eigenvalue weighted by Gasteiger charge is 2.23. The van der Waals surface area contributed by atoms with Crippen LogP contribution in [0.1, 0.15) is 28.9 Å². The highest BCUT2D eigenvalue weighted by atomic mass is 16.5. The van der Waals surface area contributed by atoms with Crippen molar-refractivity contribution in [3.63, 3.8) is 0 Å². The third kappa shape index (κ3) is 4.86. The van der Waals surface area contributed by atoms with E-state index in [0.29, 0.717) is 22.5 Å². The van der Waals surface area contributed by atoms with Gasteiger partial charge in [0.15, 0.2) is 6.04 Å². The Bertz CT molecular complexity index is 1010. The number of esters is 1. The third-order valence-electron chi connectivity index (χ3n) is 4.14. The zero-order valence-electron chi connectivity index (χ0n) is 16.0. The zero-order chi connectivity index (χ0) is 20.8. The van der Waals surface area contributed by atoms with E-state index in [9.17, 15) is 14.4 Å². The summed E-state index contributed by atoms with van der Waals surface area (Å²) in [5, 5.41) is 9.53. The monoisotopic (exact) mass is 392 g/mol. The van der Waals surface area contributed by atoms with Crippen LogP contribution >= 0.6 is 0 Å². The molecule has 3 aromatic rings. The Balaban J connectivity index is 1.75. The van der Waals surface area contributed by atoms with Crippen molar-refractivity contribution in [1.82, 2.24) is 15.1 Å². The summed E-state index contributed by atoms with van der Waals surface area (Å²) in [7, 11) is 1.28. The van der Waals surface area contributed by atoms with Gasteiger partial charge in [-0.1, -0.05) is 30.3 Å². The number of hydrogen-bond donors (Lipinski definition) is 2. The fraction of sp³-hybridized carbons (Fsp3) is 0.143. The Morgan fingerprint density at radius 1 is 1.03 bits per heavy atom. The second kappa shape index (κ2) is 8.83. The molecule has 0 spiro atoms. The first-order chi connectivity index (χ1) is 14.0. The molecule has 8 heteroatoms. The van der Waals surface area contributed by atoms with E-state index in [2.05, 4.69) is 15.7 Å². The minimum absolute atomic E-state index is 0.185. The number of rotatable bonds is 6. The van der Waals surface area contributed by atoms with Gasteiger partial charge in [0, 0.05) is 12.5 Å². The molecular formula is C21H20N4O4. The summed E-state index contributed by atoms with van der Waals surface area (Å²) in [6.07, 6.45) is 3.20. The molecule has 8 nitrogen and oxygen atoms in total. The summed E-state index contributed by atoms with van der Waals surface area (Å²) in [5.74, 6) is -1.14. The second-order valence-corrected chi connectivity index (χ2v) is 6.24. The smallest absolute Gasteiger partial charge is 0.333 e.